The molecule has 0 heterocycles. The molecule has 0 bridgehead atoms. The summed E-state index contributed by atoms with van der Waals surface area (Å²) >= 11 is 0. The lowest BCUT2D eigenvalue weighted by atomic mass is 9.99. The van der Waals surface area contributed by atoms with E-state index in [4.69, 9.17) is 0 Å². The maximum atomic E-state index is 13.3. The van der Waals surface area contributed by atoms with Gasteiger partial charge in [0.15, 0.2) is 0 Å². The van der Waals surface area contributed by atoms with Crippen molar-refractivity contribution in [2.75, 3.05) is 0 Å². The molecule has 206 valence electrons. The molecule has 1 aromatic carbocycles. The summed E-state index contributed by atoms with van der Waals surface area (Å²) in [5, 5.41) is 6.60. The number of unbranched alkanes of at least 4 members (excludes halogenated alkanes) is 8. The molecule has 2 atom stereocenters. The van der Waals surface area contributed by atoms with E-state index in [0.717, 1.165) is 76.2 Å². The van der Waals surface area contributed by atoms with Crippen LogP contribution in [0.25, 0.3) is 0 Å². The lowest BCUT2D eigenvalue weighted by Gasteiger charge is -2.20. The minimum absolute atomic E-state index is 0.0435. The lowest BCUT2D eigenvalue weighted by Crippen LogP contribution is -2.36. The second-order valence-corrected chi connectivity index (χ2v) is 10.6. The Morgan fingerprint density at radius 1 is 0.556 bits per heavy atom. The zero-order valence-electron chi connectivity index (χ0n) is 24.2. The molecule has 4 heteroatoms. The zero-order chi connectivity index (χ0) is 26.6. The van der Waals surface area contributed by atoms with Gasteiger partial charge < -0.3 is 10.6 Å². The van der Waals surface area contributed by atoms with Gasteiger partial charge in [-0.2, -0.15) is 0 Å². The first-order valence-corrected chi connectivity index (χ1v) is 15.2. The molecule has 0 aliphatic heterocycles. The first-order chi connectivity index (χ1) is 17.5. The Morgan fingerprint density at radius 3 is 1.31 bits per heavy atom. The largest absolute Gasteiger partial charge is 0.349 e. The van der Waals surface area contributed by atoms with Gasteiger partial charge in [-0.1, -0.05) is 112 Å². The van der Waals surface area contributed by atoms with Gasteiger partial charge in [-0.05, 0) is 55.9 Å². The van der Waals surface area contributed by atoms with Crippen LogP contribution in [-0.4, -0.2) is 23.9 Å². The minimum Gasteiger partial charge on any atom is -0.349 e. The van der Waals surface area contributed by atoms with Crippen LogP contribution < -0.4 is 10.6 Å². The van der Waals surface area contributed by atoms with Crippen LogP contribution in [0.3, 0.4) is 0 Å². The van der Waals surface area contributed by atoms with Gasteiger partial charge in [-0.3, -0.25) is 9.59 Å². The molecule has 36 heavy (non-hydrogen) atoms. The normalized spacial score (nSPS) is 12.8. The second-order valence-electron chi connectivity index (χ2n) is 10.6. The van der Waals surface area contributed by atoms with Crippen molar-refractivity contribution in [1.29, 1.82) is 0 Å². The standard InChI is InChI=1S/C32H56N2O2/c1-6-11-15-17-21-29(19-13-8-3)33-31(35)27-23-26(10-5)24-28(25-27)32(36)34-30(20-14-9-4)22-18-16-12-7-2/h23-25,29-30H,6-22H2,1-5H3,(H,33,35)(H,34,36). The fourth-order valence-corrected chi connectivity index (χ4v) is 4.81. The van der Waals surface area contributed by atoms with Crippen molar-refractivity contribution in [1.82, 2.24) is 10.6 Å². The van der Waals surface area contributed by atoms with Crippen molar-refractivity contribution in [3.8, 4) is 0 Å². The average Bonchev–Trinajstić information content (AvgIpc) is 2.89. The number of carbonyl (C=O) groups excluding carboxylic acids is 2. The van der Waals surface area contributed by atoms with E-state index in [1.807, 2.05) is 12.1 Å². The smallest absolute Gasteiger partial charge is 0.251 e. The molecule has 2 unspecified atom stereocenters. The van der Waals surface area contributed by atoms with Gasteiger partial charge in [0.25, 0.3) is 11.8 Å². The number of carbonyl (C=O) groups is 2. The van der Waals surface area contributed by atoms with Crippen LogP contribution in [0.5, 0.6) is 0 Å². The van der Waals surface area contributed by atoms with Crippen molar-refractivity contribution in [2.45, 2.75) is 156 Å². The third kappa shape index (κ3) is 13.5. The predicted molar refractivity (Wildman–Crippen MR) is 155 cm³/mol. The summed E-state index contributed by atoms with van der Waals surface area (Å²) in [6, 6.07) is 6.13. The van der Waals surface area contributed by atoms with Gasteiger partial charge in [-0.15, -0.1) is 0 Å². The van der Waals surface area contributed by atoms with E-state index in [0.29, 0.717) is 11.1 Å². The predicted octanol–water partition coefficient (Wildman–Crippen LogP) is 8.77. The molecule has 0 fully saturated rings. The Balaban J connectivity index is 2.93. The SMILES string of the molecule is CCCCCCC(CCCC)NC(=O)c1cc(CC)cc(C(=O)NC(CCCC)CCCCCC)c1. The summed E-state index contributed by atoms with van der Waals surface area (Å²) in [6.45, 7) is 10.9. The Bertz CT molecular complexity index is 675. The molecule has 4 nitrogen and oxygen atoms in total. The van der Waals surface area contributed by atoms with Gasteiger partial charge in [0.05, 0.1) is 0 Å². The minimum atomic E-state index is -0.0435. The molecular weight excluding hydrogens is 444 g/mol. The number of hydrogen-bond donors (Lipinski definition) is 2. The Kier molecular flexibility index (Phi) is 18.1. The Morgan fingerprint density at radius 2 is 0.944 bits per heavy atom. The summed E-state index contributed by atoms with van der Waals surface area (Å²) < 4.78 is 0. The first-order valence-electron chi connectivity index (χ1n) is 15.2. The fraction of sp³-hybridized carbons (Fsp3) is 0.750. The Hall–Kier alpha value is -1.84. The molecule has 1 rings (SSSR count). The van der Waals surface area contributed by atoms with Crippen LogP contribution >= 0.6 is 0 Å². The molecular formula is C32H56N2O2. The molecule has 0 saturated heterocycles. The van der Waals surface area contributed by atoms with Gasteiger partial charge in [-0.25, -0.2) is 0 Å². The van der Waals surface area contributed by atoms with E-state index in [9.17, 15) is 9.59 Å². The fourth-order valence-electron chi connectivity index (χ4n) is 4.81. The first kappa shape index (κ1) is 32.2. The molecule has 0 aromatic heterocycles. The van der Waals surface area contributed by atoms with E-state index in [1.165, 1.54) is 38.5 Å². The quantitative estimate of drug-likeness (QED) is 0.166. The number of benzene rings is 1. The summed E-state index contributed by atoms with van der Waals surface area (Å²) in [5.41, 5.74) is 2.26. The molecule has 2 amide bonds. The monoisotopic (exact) mass is 500 g/mol. The van der Waals surface area contributed by atoms with E-state index in [2.05, 4.69) is 45.3 Å². The highest BCUT2D eigenvalue weighted by atomic mass is 16.2. The van der Waals surface area contributed by atoms with Crippen LogP contribution in [0.1, 0.15) is 164 Å². The summed E-state index contributed by atoms with van der Waals surface area (Å²) in [4.78, 5) is 26.5. The van der Waals surface area contributed by atoms with Crippen LogP contribution in [0.15, 0.2) is 18.2 Å². The number of nitrogens with one attached hydrogen (secondary N) is 2. The maximum absolute atomic E-state index is 13.3. The summed E-state index contributed by atoms with van der Waals surface area (Å²) in [5.74, 6) is -0.0870. The van der Waals surface area contributed by atoms with Crippen molar-refractivity contribution in [3.63, 3.8) is 0 Å². The number of rotatable bonds is 21. The van der Waals surface area contributed by atoms with Crippen LogP contribution in [0, 0.1) is 0 Å². The zero-order valence-corrected chi connectivity index (χ0v) is 24.2. The highest BCUT2D eigenvalue weighted by molar-refractivity contribution is 6.00. The third-order valence-electron chi connectivity index (χ3n) is 7.22. The van der Waals surface area contributed by atoms with E-state index < -0.39 is 0 Å². The Labute approximate surface area is 222 Å². The second kappa shape index (κ2) is 20.2. The highest BCUT2D eigenvalue weighted by Gasteiger charge is 2.18. The lowest BCUT2D eigenvalue weighted by molar-refractivity contribution is 0.0930. The molecule has 1 aromatic rings. The van der Waals surface area contributed by atoms with Crippen LogP contribution in [0.4, 0.5) is 0 Å². The maximum Gasteiger partial charge on any atom is 0.251 e. The number of aryl methyl sites for hydroxylation is 1. The average molecular weight is 501 g/mol. The van der Waals surface area contributed by atoms with Gasteiger partial charge in [0.1, 0.15) is 0 Å². The topological polar surface area (TPSA) is 58.2 Å². The van der Waals surface area contributed by atoms with Crippen molar-refractivity contribution in [3.05, 3.63) is 34.9 Å². The van der Waals surface area contributed by atoms with E-state index in [1.54, 1.807) is 6.07 Å². The summed E-state index contributed by atoms with van der Waals surface area (Å²) in [7, 11) is 0. The number of amides is 2. The molecule has 0 spiro atoms. The molecule has 0 radical (unpaired) electrons. The molecule has 2 N–H and O–H groups in total. The molecule has 0 aliphatic carbocycles. The third-order valence-corrected chi connectivity index (χ3v) is 7.22. The van der Waals surface area contributed by atoms with Crippen LogP contribution in [0.2, 0.25) is 0 Å². The molecule has 0 saturated carbocycles. The van der Waals surface area contributed by atoms with Gasteiger partial charge in [0, 0.05) is 23.2 Å². The van der Waals surface area contributed by atoms with Crippen LogP contribution in [-0.2, 0) is 6.42 Å². The van der Waals surface area contributed by atoms with E-state index in [-0.39, 0.29) is 23.9 Å². The molecule has 0 aliphatic rings. The van der Waals surface area contributed by atoms with Gasteiger partial charge in [0.2, 0.25) is 0 Å². The number of hydrogen-bond acceptors (Lipinski definition) is 2. The van der Waals surface area contributed by atoms with Crippen molar-refractivity contribution >= 4 is 11.8 Å². The summed E-state index contributed by atoms with van der Waals surface area (Å²) in [6.07, 6.45) is 19.1. The van der Waals surface area contributed by atoms with E-state index >= 15 is 0 Å². The highest BCUT2D eigenvalue weighted by Crippen LogP contribution is 2.17. The van der Waals surface area contributed by atoms with Gasteiger partial charge >= 0.3 is 0 Å². The van der Waals surface area contributed by atoms with Crippen molar-refractivity contribution < 1.29 is 9.59 Å². The van der Waals surface area contributed by atoms with Crippen molar-refractivity contribution in [2.24, 2.45) is 0 Å².